The van der Waals surface area contributed by atoms with Gasteiger partial charge in [0.05, 0.1) is 6.20 Å². The normalized spacial score (nSPS) is 10.4. The number of hydrogen-bond acceptors (Lipinski definition) is 3. The molecule has 0 bridgehead atoms. The molecule has 1 amide bonds. The topological polar surface area (TPSA) is 86.5 Å². The Morgan fingerprint density at radius 2 is 2.00 bits per heavy atom. The first kappa shape index (κ1) is 12.2. The van der Waals surface area contributed by atoms with Crippen LogP contribution >= 0.6 is 0 Å². The zero-order valence-electron chi connectivity index (χ0n) is 10.8. The van der Waals surface area contributed by atoms with Crippen molar-refractivity contribution < 1.29 is 4.79 Å². The molecular weight excluding hydrogens is 254 g/mol. The molecule has 0 radical (unpaired) electrons. The predicted octanol–water partition coefficient (Wildman–Crippen LogP) is 2.36. The highest BCUT2D eigenvalue weighted by molar-refractivity contribution is 6.04. The van der Waals surface area contributed by atoms with Crippen LogP contribution in [0, 0.1) is 6.92 Å². The molecule has 0 unspecified atom stereocenters. The fraction of sp³-hybridized carbons (Fsp3) is 0.0714. The molecule has 6 nitrogen and oxygen atoms in total. The minimum Gasteiger partial charge on any atom is -0.305 e. The highest BCUT2D eigenvalue weighted by Crippen LogP contribution is 2.18. The van der Waals surface area contributed by atoms with Gasteiger partial charge in [-0.1, -0.05) is 12.1 Å². The molecule has 20 heavy (non-hydrogen) atoms. The number of nitrogens with one attached hydrogen (secondary N) is 3. The molecule has 2 aromatic heterocycles. The average Bonchev–Trinajstić information content (AvgIpc) is 3.11. The van der Waals surface area contributed by atoms with Crippen molar-refractivity contribution in [3.8, 4) is 11.1 Å². The van der Waals surface area contributed by atoms with E-state index in [1.165, 1.54) is 0 Å². The van der Waals surface area contributed by atoms with Crippen LogP contribution < -0.4 is 5.32 Å². The third kappa shape index (κ3) is 2.44. The van der Waals surface area contributed by atoms with Gasteiger partial charge in [-0.15, -0.1) is 0 Å². The molecule has 0 spiro atoms. The zero-order valence-corrected chi connectivity index (χ0v) is 10.8. The lowest BCUT2D eigenvalue weighted by Gasteiger charge is -2.03. The van der Waals surface area contributed by atoms with Crippen LogP contribution in [0.4, 0.5) is 5.82 Å². The van der Waals surface area contributed by atoms with Crippen molar-refractivity contribution in [2.45, 2.75) is 6.92 Å². The molecule has 0 saturated heterocycles. The third-order valence-corrected chi connectivity index (χ3v) is 2.93. The molecule has 0 aliphatic carbocycles. The van der Waals surface area contributed by atoms with Gasteiger partial charge in [0.25, 0.3) is 5.91 Å². The molecule has 0 atom stereocenters. The van der Waals surface area contributed by atoms with Crippen molar-refractivity contribution in [3.63, 3.8) is 0 Å². The van der Waals surface area contributed by atoms with Gasteiger partial charge in [-0.2, -0.15) is 10.2 Å². The second-order valence-electron chi connectivity index (χ2n) is 4.45. The van der Waals surface area contributed by atoms with Gasteiger partial charge >= 0.3 is 0 Å². The van der Waals surface area contributed by atoms with E-state index in [1.807, 2.05) is 25.3 Å². The number of hydrogen-bond donors (Lipinski definition) is 3. The van der Waals surface area contributed by atoms with Crippen molar-refractivity contribution >= 4 is 11.7 Å². The monoisotopic (exact) mass is 267 g/mol. The van der Waals surface area contributed by atoms with E-state index in [1.54, 1.807) is 24.4 Å². The largest absolute Gasteiger partial charge is 0.305 e. The Balaban J connectivity index is 1.75. The molecule has 0 aliphatic rings. The summed E-state index contributed by atoms with van der Waals surface area (Å²) in [7, 11) is 0. The smallest absolute Gasteiger partial charge is 0.256 e. The van der Waals surface area contributed by atoms with Crippen molar-refractivity contribution in [2.75, 3.05) is 5.32 Å². The number of benzene rings is 1. The van der Waals surface area contributed by atoms with Crippen LogP contribution in [0.3, 0.4) is 0 Å². The number of H-pyrrole nitrogens is 2. The standard InChI is InChI=1S/C14H13N5O/c1-9-6-13(19-18-9)17-14(20)11-4-2-10(3-5-11)12-7-15-16-8-12/h2-8H,1H3,(H,15,16)(H2,17,18,19,20). The lowest BCUT2D eigenvalue weighted by atomic mass is 10.1. The molecule has 2 heterocycles. The number of rotatable bonds is 3. The van der Waals surface area contributed by atoms with E-state index in [0.717, 1.165) is 16.8 Å². The maximum absolute atomic E-state index is 12.0. The Morgan fingerprint density at radius 3 is 2.60 bits per heavy atom. The highest BCUT2D eigenvalue weighted by atomic mass is 16.1. The fourth-order valence-corrected chi connectivity index (χ4v) is 1.89. The summed E-state index contributed by atoms with van der Waals surface area (Å²) in [5.74, 6) is 0.335. The second-order valence-corrected chi connectivity index (χ2v) is 4.45. The van der Waals surface area contributed by atoms with E-state index < -0.39 is 0 Å². The first-order chi connectivity index (χ1) is 9.72. The maximum Gasteiger partial charge on any atom is 0.256 e. The van der Waals surface area contributed by atoms with Crippen molar-refractivity contribution in [3.05, 3.63) is 54.0 Å². The average molecular weight is 267 g/mol. The number of carbonyl (C=O) groups excluding carboxylic acids is 1. The number of aromatic amines is 2. The molecule has 0 fully saturated rings. The Labute approximate surface area is 115 Å². The number of aryl methyl sites for hydroxylation is 1. The molecule has 3 aromatic rings. The number of nitrogens with zero attached hydrogens (tertiary/aromatic N) is 2. The molecule has 3 rings (SSSR count). The minimum absolute atomic E-state index is 0.185. The van der Waals surface area contributed by atoms with Gasteiger partial charge in [0.2, 0.25) is 0 Å². The highest BCUT2D eigenvalue weighted by Gasteiger charge is 2.08. The lowest BCUT2D eigenvalue weighted by molar-refractivity contribution is 0.102. The van der Waals surface area contributed by atoms with Gasteiger partial charge in [0, 0.05) is 29.1 Å². The quantitative estimate of drug-likeness (QED) is 0.680. The van der Waals surface area contributed by atoms with Crippen LogP contribution in [-0.4, -0.2) is 26.3 Å². The van der Waals surface area contributed by atoms with E-state index in [2.05, 4.69) is 25.7 Å². The lowest BCUT2D eigenvalue weighted by Crippen LogP contribution is -2.11. The fourth-order valence-electron chi connectivity index (χ4n) is 1.89. The number of carbonyl (C=O) groups is 1. The summed E-state index contributed by atoms with van der Waals surface area (Å²) in [6, 6.07) is 9.09. The summed E-state index contributed by atoms with van der Waals surface area (Å²) in [6.45, 7) is 1.88. The van der Waals surface area contributed by atoms with Gasteiger partial charge < -0.3 is 5.32 Å². The zero-order chi connectivity index (χ0) is 13.9. The Hall–Kier alpha value is -2.89. The van der Waals surface area contributed by atoms with Crippen molar-refractivity contribution in [1.29, 1.82) is 0 Å². The SMILES string of the molecule is Cc1cc(NC(=O)c2ccc(-c3cn[nH]c3)cc2)n[nH]1. The molecule has 3 N–H and O–H groups in total. The van der Waals surface area contributed by atoms with Crippen LogP contribution in [0.15, 0.2) is 42.7 Å². The number of anilines is 1. The van der Waals surface area contributed by atoms with Gasteiger partial charge in [-0.05, 0) is 24.6 Å². The van der Waals surface area contributed by atoms with Crippen LogP contribution in [0.25, 0.3) is 11.1 Å². The van der Waals surface area contributed by atoms with E-state index in [9.17, 15) is 4.79 Å². The number of aromatic nitrogens is 4. The van der Waals surface area contributed by atoms with Gasteiger partial charge in [0.15, 0.2) is 5.82 Å². The summed E-state index contributed by atoms with van der Waals surface area (Å²) in [5, 5.41) is 16.1. The van der Waals surface area contributed by atoms with Crippen LogP contribution in [-0.2, 0) is 0 Å². The summed E-state index contributed by atoms with van der Waals surface area (Å²) >= 11 is 0. The molecule has 1 aromatic carbocycles. The third-order valence-electron chi connectivity index (χ3n) is 2.93. The van der Waals surface area contributed by atoms with Crippen LogP contribution in [0.5, 0.6) is 0 Å². The van der Waals surface area contributed by atoms with E-state index in [0.29, 0.717) is 11.4 Å². The van der Waals surface area contributed by atoms with Gasteiger partial charge in [-0.25, -0.2) is 0 Å². The number of amides is 1. The summed E-state index contributed by atoms with van der Waals surface area (Å²) in [6.07, 6.45) is 3.54. The minimum atomic E-state index is -0.185. The van der Waals surface area contributed by atoms with Crippen LogP contribution in [0.2, 0.25) is 0 Å². The molecular formula is C14H13N5O. The van der Waals surface area contributed by atoms with Crippen molar-refractivity contribution in [1.82, 2.24) is 20.4 Å². The predicted molar refractivity (Wildman–Crippen MR) is 75.3 cm³/mol. The Bertz CT molecular complexity index is 712. The summed E-state index contributed by atoms with van der Waals surface area (Å²) in [4.78, 5) is 12.0. The summed E-state index contributed by atoms with van der Waals surface area (Å²) in [5.41, 5.74) is 3.47. The Morgan fingerprint density at radius 1 is 1.20 bits per heavy atom. The first-order valence-electron chi connectivity index (χ1n) is 6.15. The molecule has 0 aliphatic heterocycles. The molecule has 0 saturated carbocycles. The van der Waals surface area contributed by atoms with Gasteiger partial charge in [0.1, 0.15) is 0 Å². The van der Waals surface area contributed by atoms with E-state index in [4.69, 9.17) is 0 Å². The molecule has 100 valence electrons. The second kappa shape index (κ2) is 5.00. The maximum atomic E-state index is 12.0. The van der Waals surface area contributed by atoms with E-state index >= 15 is 0 Å². The van der Waals surface area contributed by atoms with Crippen LogP contribution in [0.1, 0.15) is 16.1 Å². The first-order valence-corrected chi connectivity index (χ1v) is 6.15. The summed E-state index contributed by atoms with van der Waals surface area (Å²) < 4.78 is 0. The van der Waals surface area contributed by atoms with Crippen molar-refractivity contribution in [2.24, 2.45) is 0 Å². The van der Waals surface area contributed by atoms with E-state index in [-0.39, 0.29) is 5.91 Å². The van der Waals surface area contributed by atoms with Gasteiger partial charge in [-0.3, -0.25) is 15.0 Å². The Kier molecular flexibility index (Phi) is 3.04. The molecule has 6 heteroatoms.